The molecule has 0 aromatic carbocycles. The smallest absolute Gasteiger partial charge is 0.296 e. The molecule has 0 aliphatic rings. The van der Waals surface area contributed by atoms with Gasteiger partial charge in [-0.1, -0.05) is 29.2 Å². The molecule has 0 fully saturated rings. The van der Waals surface area contributed by atoms with Crippen LogP contribution in [0.5, 0.6) is 0 Å². The lowest BCUT2D eigenvalue weighted by atomic mass is 10.3. The molecule has 0 radical (unpaired) electrons. The number of alkyl halides is 3. The number of amides is 1. The van der Waals surface area contributed by atoms with Crippen molar-refractivity contribution in [2.75, 3.05) is 5.32 Å². The van der Waals surface area contributed by atoms with Crippen LogP contribution in [0, 0.1) is 0 Å². The Labute approximate surface area is 162 Å². The molecule has 0 spiro atoms. The first-order valence-corrected chi connectivity index (χ1v) is 10.4. The molecule has 1 N–H and O–H groups in total. The third-order valence-corrected chi connectivity index (χ3v) is 6.60. The Hall–Kier alpha value is -1.63. The molecule has 0 aliphatic heterocycles. The average molecular weight is 435 g/mol. The molecule has 0 saturated carbocycles. The van der Waals surface area contributed by atoms with E-state index in [0.717, 1.165) is 17.1 Å². The van der Waals surface area contributed by atoms with Gasteiger partial charge in [-0.15, -0.1) is 21.5 Å². The molecule has 0 saturated heterocycles. The summed E-state index contributed by atoms with van der Waals surface area (Å²) in [7, 11) is 0. The molecule has 1 amide bonds. The van der Waals surface area contributed by atoms with Gasteiger partial charge in [-0.2, -0.15) is 13.2 Å². The van der Waals surface area contributed by atoms with E-state index < -0.39 is 28.2 Å². The molecule has 26 heavy (non-hydrogen) atoms. The number of rotatable bonds is 6. The minimum atomic E-state index is -4.53. The fourth-order valence-electron chi connectivity index (χ4n) is 1.77. The quantitative estimate of drug-likeness (QED) is 0.427. The standard InChI is InChI=1S/C14H9F3N4OS4/c15-14(16,17)26-11-9(4-1-5-18-11)10(22)19-12-20-21-13(25-12)24-7-8-3-2-6-23-8/h1-6H,7H2,(H,19,20,22). The third-order valence-electron chi connectivity index (χ3n) is 2.77. The molecule has 5 nitrogen and oxygen atoms in total. The fourth-order valence-corrected chi connectivity index (χ4v) is 4.89. The fraction of sp³-hybridized carbons (Fsp3) is 0.143. The van der Waals surface area contributed by atoms with E-state index >= 15 is 0 Å². The predicted octanol–water partition coefficient (Wildman–Crippen LogP) is 5.15. The zero-order chi connectivity index (χ0) is 18.6. The van der Waals surface area contributed by atoms with Gasteiger partial charge in [0.15, 0.2) is 4.34 Å². The zero-order valence-electron chi connectivity index (χ0n) is 12.7. The van der Waals surface area contributed by atoms with Crippen molar-refractivity contribution in [3.05, 3.63) is 46.3 Å². The van der Waals surface area contributed by atoms with E-state index in [1.165, 1.54) is 35.0 Å². The van der Waals surface area contributed by atoms with E-state index in [0.29, 0.717) is 4.34 Å². The lowest BCUT2D eigenvalue weighted by Gasteiger charge is -2.08. The second-order valence-electron chi connectivity index (χ2n) is 4.60. The number of thiophene rings is 1. The van der Waals surface area contributed by atoms with Crippen molar-refractivity contribution >= 4 is 57.2 Å². The second kappa shape index (κ2) is 8.37. The number of thioether (sulfide) groups is 2. The predicted molar refractivity (Wildman–Crippen MR) is 97.9 cm³/mol. The minimum absolute atomic E-state index is 0.169. The highest BCUT2D eigenvalue weighted by Gasteiger charge is 2.32. The Bertz CT molecular complexity index is 882. The van der Waals surface area contributed by atoms with Gasteiger partial charge in [0.05, 0.1) is 5.56 Å². The van der Waals surface area contributed by atoms with Gasteiger partial charge in [0, 0.05) is 28.6 Å². The van der Waals surface area contributed by atoms with Gasteiger partial charge in [-0.05, 0) is 23.6 Å². The zero-order valence-corrected chi connectivity index (χ0v) is 16.0. The highest BCUT2D eigenvalue weighted by molar-refractivity contribution is 8.00. The molecule has 0 aliphatic carbocycles. The van der Waals surface area contributed by atoms with Crippen LogP contribution < -0.4 is 5.32 Å². The summed E-state index contributed by atoms with van der Waals surface area (Å²) in [5.74, 6) is 0.0192. The minimum Gasteiger partial charge on any atom is -0.296 e. The molecule has 3 heterocycles. The number of anilines is 1. The van der Waals surface area contributed by atoms with Gasteiger partial charge < -0.3 is 0 Å². The summed E-state index contributed by atoms with van der Waals surface area (Å²) in [5.41, 5.74) is -4.70. The van der Waals surface area contributed by atoms with Gasteiger partial charge in [0.25, 0.3) is 5.91 Å². The number of hydrogen-bond acceptors (Lipinski definition) is 8. The largest absolute Gasteiger partial charge is 0.447 e. The summed E-state index contributed by atoms with van der Waals surface area (Å²) in [5, 5.41) is 12.1. The van der Waals surface area contributed by atoms with Crippen LogP contribution >= 0.6 is 46.2 Å². The number of carbonyl (C=O) groups is 1. The van der Waals surface area contributed by atoms with Crippen LogP contribution in [-0.2, 0) is 5.75 Å². The van der Waals surface area contributed by atoms with Gasteiger partial charge in [-0.25, -0.2) is 4.98 Å². The molecule has 136 valence electrons. The topological polar surface area (TPSA) is 67.8 Å². The van der Waals surface area contributed by atoms with E-state index in [-0.39, 0.29) is 10.7 Å². The normalized spacial score (nSPS) is 11.5. The van der Waals surface area contributed by atoms with Crippen molar-refractivity contribution in [3.8, 4) is 0 Å². The highest BCUT2D eigenvalue weighted by Crippen LogP contribution is 2.37. The molecule has 3 aromatic rings. The first-order valence-electron chi connectivity index (χ1n) is 6.91. The van der Waals surface area contributed by atoms with Crippen molar-refractivity contribution in [3.63, 3.8) is 0 Å². The molecule has 0 atom stereocenters. The van der Waals surface area contributed by atoms with Crippen molar-refractivity contribution in [1.29, 1.82) is 0 Å². The molecule has 3 aromatic heterocycles. The molecule has 3 rings (SSSR count). The number of aromatic nitrogens is 3. The number of carbonyl (C=O) groups excluding carboxylic acids is 1. The first-order chi connectivity index (χ1) is 12.4. The van der Waals surface area contributed by atoms with Gasteiger partial charge in [0.1, 0.15) is 5.03 Å². The average Bonchev–Trinajstić information content (AvgIpc) is 3.23. The van der Waals surface area contributed by atoms with Crippen molar-refractivity contribution < 1.29 is 18.0 Å². The van der Waals surface area contributed by atoms with E-state index in [1.54, 1.807) is 11.3 Å². The van der Waals surface area contributed by atoms with Crippen LogP contribution in [0.25, 0.3) is 0 Å². The van der Waals surface area contributed by atoms with E-state index in [9.17, 15) is 18.0 Å². The van der Waals surface area contributed by atoms with E-state index in [4.69, 9.17) is 0 Å². The number of nitrogens with zero attached hydrogens (tertiary/aromatic N) is 3. The molecule has 0 bridgehead atoms. The van der Waals surface area contributed by atoms with Gasteiger partial charge in [-0.3, -0.25) is 10.1 Å². The maximum atomic E-state index is 12.6. The summed E-state index contributed by atoms with van der Waals surface area (Å²) in [6, 6.07) is 6.64. The van der Waals surface area contributed by atoms with Crippen LogP contribution in [0.3, 0.4) is 0 Å². The molecular weight excluding hydrogens is 425 g/mol. The van der Waals surface area contributed by atoms with Gasteiger partial charge >= 0.3 is 5.51 Å². The molecular formula is C14H9F3N4OS4. The molecule has 0 unspecified atom stereocenters. The summed E-state index contributed by atoms with van der Waals surface area (Å²) in [6.07, 6.45) is 1.20. The van der Waals surface area contributed by atoms with Crippen molar-refractivity contribution in [2.24, 2.45) is 0 Å². The molecule has 12 heteroatoms. The highest BCUT2D eigenvalue weighted by atomic mass is 32.2. The Morgan fingerprint density at radius 3 is 2.81 bits per heavy atom. The van der Waals surface area contributed by atoms with E-state index in [2.05, 4.69) is 20.5 Å². The van der Waals surface area contributed by atoms with Crippen molar-refractivity contribution in [2.45, 2.75) is 20.6 Å². The van der Waals surface area contributed by atoms with Crippen LogP contribution in [0.15, 0.2) is 45.2 Å². The van der Waals surface area contributed by atoms with Gasteiger partial charge in [0.2, 0.25) is 5.13 Å². The summed E-state index contributed by atoms with van der Waals surface area (Å²) in [6.45, 7) is 0. The summed E-state index contributed by atoms with van der Waals surface area (Å²) >= 11 is 3.83. The summed E-state index contributed by atoms with van der Waals surface area (Å²) in [4.78, 5) is 17.1. The monoisotopic (exact) mass is 434 g/mol. The number of halogens is 3. The van der Waals surface area contributed by atoms with E-state index in [1.807, 2.05) is 17.5 Å². The number of hydrogen-bond donors (Lipinski definition) is 1. The Morgan fingerprint density at radius 2 is 2.08 bits per heavy atom. The Morgan fingerprint density at radius 1 is 1.23 bits per heavy atom. The van der Waals surface area contributed by atoms with Crippen LogP contribution in [0.4, 0.5) is 18.3 Å². The van der Waals surface area contributed by atoms with Crippen molar-refractivity contribution in [1.82, 2.24) is 15.2 Å². The van der Waals surface area contributed by atoms with Crippen LogP contribution in [-0.4, -0.2) is 26.6 Å². The summed E-state index contributed by atoms with van der Waals surface area (Å²) < 4.78 is 38.4. The Kier molecular flexibility index (Phi) is 6.16. The Balaban J connectivity index is 1.65. The third kappa shape index (κ3) is 5.43. The lowest BCUT2D eigenvalue weighted by molar-refractivity contribution is -0.0329. The maximum Gasteiger partial charge on any atom is 0.447 e. The maximum absolute atomic E-state index is 12.6. The number of pyridine rings is 1. The number of nitrogens with one attached hydrogen (secondary N) is 1. The van der Waals surface area contributed by atoms with Crippen LogP contribution in [0.1, 0.15) is 15.2 Å². The first kappa shape index (κ1) is 19.1. The SMILES string of the molecule is O=C(Nc1nnc(SCc2cccs2)s1)c1cccnc1SC(F)(F)F. The lowest BCUT2D eigenvalue weighted by Crippen LogP contribution is -2.14. The second-order valence-corrected chi connectivity index (χ2v) is 8.89. The van der Waals surface area contributed by atoms with Crippen LogP contribution in [0.2, 0.25) is 0 Å².